The first kappa shape index (κ1) is 27.3. The predicted molar refractivity (Wildman–Crippen MR) is 159 cm³/mol. The highest BCUT2D eigenvalue weighted by Crippen LogP contribution is 2.45. The number of pyridine rings is 1. The number of amides is 2. The largest absolute Gasteiger partial charge is 0.452 e. The van der Waals surface area contributed by atoms with Crippen molar-refractivity contribution < 1.29 is 19.1 Å². The monoisotopic (exact) mass is 553 g/mol. The molecular formula is C32H31N3O4S. The van der Waals surface area contributed by atoms with Crippen molar-refractivity contribution in [1.82, 2.24) is 4.98 Å². The van der Waals surface area contributed by atoms with E-state index < -0.39 is 24.4 Å². The number of hydrogen-bond acceptors (Lipinski definition) is 6. The predicted octanol–water partition coefficient (Wildman–Crippen LogP) is 6.34. The van der Waals surface area contributed by atoms with Crippen molar-refractivity contribution >= 4 is 57.4 Å². The molecule has 0 radical (unpaired) electrons. The number of ether oxygens (including phenoxy) is 1. The molecule has 204 valence electrons. The number of anilines is 1. The highest BCUT2D eigenvalue weighted by molar-refractivity contribution is 7.10. The lowest BCUT2D eigenvalue weighted by Gasteiger charge is -2.36. The second-order valence-electron chi connectivity index (χ2n) is 11.1. The molecule has 2 heterocycles. The van der Waals surface area contributed by atoms with Gasteiger partial charge in [-0.3, -0.25) is 9.59 Å². The molecular weight excluding hydrogens is 522 g/mol. The minimum Gasteiger partial charge on any atom is -0.452 e. The molecule has 0 fully saturated rings. The number of allylic oxidation sites excluding steroid dienone is 1. The topological polar surface area (TPSA) is 111 Å². The summed E-state index contributed by atoms with van der Waals surface area (Å²) in [4.78, 5) is 43.8. The van der Waals surface area contributed by atoms with Crippen molar-refractivity contribution in [2.75, 3.05) is 11.9 Å². The van der Waals surface area contributed by atoms with Gasteiger partial charge in [0.15, 0.2) is 6.61 Å². The molecule has 2 aromatic carbocycles. The molecule has 4 aromatic rings. The maximum Gasteiger partial charge on any atom is 0.339 e. The normalized spacial score (nSPS) is 16.0. The lowest BCUT2D eigenvalue weighted by Crippen LogP contribution is -2.29. The van der Waals surface area contributed by atoms with Gasteiger partial charge < -0.3 is 15.8 Å². The Morgan fingerprint density at radius 2 is 1.80 bits per heavy atom. The fourth-order valence-electron chi connectivity index (χ4n) is 5.03. The van der Waals surface area contributed by atoms with Gasteiger partial charge in [-0.1, -0.05) is 45.0 Å². The summed E-state index contributed by atoms with van der Waals surface area (Å²) in [5.41, 5.74) is 10.0. The molecule has 0 unspecified atom stereocenters. The summed E-state index contributed by atoms with van der Waals surface area (Å²) >= 11 is 1.67. The zero-order valence-corrected chi connectivity index (χ0v) is 23.5. The molecule has 0 spiro atoms. The first-order valence-corrected chi connectivity index (χ1v) is 14.0. The maximum atomic E-state index is 13.7. The summed E-state index contributed by atoms with van der Waals surface area (Å²) in [7, 11) is 0. The van der Waals surface area contributed by atoms with Gasteiger partial charge in [-0.25, -0.2) is 9.78 Å². The number of nitrogens with one attached hydrogen (secondary N) is 1. The Morgan fingerprint density at radius 3 is 2.48 bits per heavy atom. The summed E-state index contributed by atoms with van der Waals surface area (Å²) in [6, 6.07) is 17.8. The highest BCUT2D eigenvalue weighted by Gasteiger charge is 2.35. The van der Waals surface area contributed by atoms with Crippen LogP contribution in [0.2, 0.25) is 0 Å². The van der Waals surface area contributed by atoms with E-state index in [1.165, 1.54) is 12.1 Å². The van der Waals surface area contributed by atoms with E-state index in [9.17, 15) is 14.4 Å². The Balaban J connectivity index is 1.48. The summed E-state index contributed by atoms with van der Waals surface area (Å²) < 4.78 is 5.59. The van der Waals surface area contributed by atoms with Gasteiger partial charge in [0, 0.05) is 21.5 Å². The number of carbonyl (C=O) groups excluding carboxylic acids is 3. The molecule has 0 saturated carbocycles. The van der Waals surface area contributed by atoms with Crippen LogP contribution in [0.25, 0.3) is 22.6 Å². The number of esters is 1. The van der Waals surface area contributed by atoms with Gasteiger partial charge in [0.2, 0.25) is 5.91 Å². The minimum absolute atomic E-state index is 0.00297. The van der Waals surface area contributed by atoms with E-state index in [4.69, 9.17) is 15.5 Å². The lowest BCUT2D eigenvalue weighted by molar-refractivity contribution is -0.119. The van der Waals surface area contributed by atoms with Crippen molar-refractivity contribution in [1.29, 1.82) is 0 Å². The van der Waals surface area contributed by atoms with Gasteiger partial charge in [0.1, 0.15) is 0 Å². The van der Waals surface area contributed by atoms with Crippen LogP contribution in [0.5, 0.6) is 0 Å². The third kappa shape index (κ3) is 5.82. The zero-order valence-electron chi connectivity index (χ0n) is 22.7. The van der Waals surface area contributed by atoms with Crippen LogP contribution in [0.15, 0.2) is 66.0 Å². The molecule has 1 aliphatic rings. The number of hydrogen-bond donors (Lipinski definition) is 2. The number of para-hydroxylation sites is 1. The molecule has 0 aliphatic heterocycles. The van der Waals surface area contributed by atoms with E-state index in [1.54, 1.807) is 23.5 Å². The van der Waals surface area contributed by atoms with E-state index >= 15 is 0 Å². The van der Waals surface area contributed by atoms with E-state index in [1.807, 2.05) is 35.7 Å². The fourth-order valence-corrected chi connectivity index (χ4v) is 5.71. The van der Waals surface area contributed by atoms with Crippen LogP contribution in [0.1, 0.15) is 64.0 Å². The second-order valence-corrected chi connectivity index (χ2v) is 12.0. The number of nitrogens with two attached hydrogens (primary N) is 1. The Labute approximate surface area is 237 Å². The van der Waals surface area contributed by atoms with Crippen LogP contribution in [0, 0.1) is 11.3 Å². The van der Waals surface area contributed by atoms with Gasteiger partial charge in [-0.15, -0.1) is 11.3 Å². The Morgan fingerprint density at radius 1 is 1.05 bits per heavy atom. The van der Waals surface area contributed by atoms with Crippen LogP contribution in [-0.2, 0) is 16.0 Å². The molecule has 0 bridgehead atoms. The highest BCUT2D eigenvalue weighted by atomic mass is 32.1. The van der Waals surface area contributed by atoms with Crippen LogP contribution in [0.4, 0.5) is 5.69 Å². The van der Waals surface area contributed by atoms with Crippen LogP contribution < -0.4 is 11.1 Å². The third-order valence-corrected chi connectivity index (χ3v) is 8.11. The SMILES string of the molecule is CC(C)(C)[C@@H]1C/C(=C/c2cccs2)c2nc3ccccc3c(C(=O)OCC(=O)Nc3ccc(C(N)=O)cc3)c2C1. The molecule has 40 heavy (non-hydrogen) atoms. The third-order valence-electron chi connectivity index (χ3n) is 7.29. The second kappa shape index (κ2) is 11.1. The van der Waals surface area contributed by atoms with Gasteiger partial charge in [0.25, 0.3) is 5.91 Å². The van der Waals surface area contributed by atoms with Gasteiger partial charge >= 0.3 is 5.97 Å². The molecule has 1 atom stereocenters. The standard InChI is InChI=1S/C32H31N3O4S/c1-32(2,3)21-15-20(16-23-7-6-14-40-23)29-25(17-21)28(24-8-4-5-9-26(24)35-29)31(38)39-18-27(36)34-22-12-10-19(11-13-22)30(33)37/h4-14,16,21H,15,17-18H2,1-3H3,(H2,33,37)(H,34,36)/b20-16-/t21-/m1/s1. The number of benzene rings is 2. The van der Waals surface area contributed by atoms with Crippen molar-refractivity contribution in [3.05, 3.63) is 93.3 Å². The summed E-state index contributed by atoms with van der Waals surface area (Å²) in [5, 5.41) is 5.44. The van der Waals surface area contributed by atoms with Gasteiger partial charge in [0.05, 0.1) is 16.8 Å². The molecule has 8 heteroatoms. The maximum absolute atomic E-state index is 13.7. The lowest BCUT2D eigenvalue weighted by atomic mass is 9.69. The molecule has 2 aromatic heterocycles. The number of fused-ring (bicyclic) bond motifs is 2. The summed E-state index contributed by atoms with van der Waals surface area (Å²) in [5.74, 6) is -1.31. The van der Waals surface area contributed by atoms with E-state index in [-0.39, 0.29) is 11.3 Å². The minimum atomic E-state index is -0.556. The van der Waals surface area contributed by atoms with E-state index in [0.717, 1.165) is 28.1 Å². The van der Waals surface area contributed by atoms with E-state index in [2.05, 4.69) is 38.2 Å². The average molecular weight is 554 g/mol. The van der Waals surface area contributed by atoms with Crippen molar-refractivity contribution in [3.63, 3.8) is 0 Å². The van der Waals surface area contributed by atoms with E-state index in [0.29, 0.717) is 34.1 Å². The summed E-state index contributed by atoms with van der Waals surface area (Å²) in [6.07, 6.45) is 3.71. The fraction of sp³-hybridized carbons (Fsp3) is 0.250. The molecule has 3 N–H and O–H groups in total. The zero-order chi connectivity index (χ0) is 28.4. The van der Waals surface area contributed by atoms with Gasteiger partial charge in [-0.05, 0) is 83.2 Å². The number of primary amides is 1. The Kier molecular flexibility index (Phi) is 7.54. The van der Waals surface area contributed by atoms with Crippen molar-refractivity contribution in [2.24, 2.45) is 17.1 Å². The number of thiophene rings is 1. The molecule has 2 amide bonds. The van der Waals surface area contributed by atoms with Crippen molar-refractivity contribution in [2.45, 2.75) is 33.6 Å². The smallest absolute Gasteiger partial charge is 0.339 e. The average Bonchev–Trinajstić information content (AvgIpc) is 3.43. The van der Waals surface area contributed by atoms with Crippen LogP contribution in [-0.4, -0.2) is 29.4 Å². The van der Waals surface area contributed by atoms with Crippen molar-refractivity contribution in [3.8, 4) is 0 Å². The van der Waals surface area contributed by atoms with Crippen LogP contribution >= 0.6 is 11.3 Å². The number of rotatable bonds is 6. The quantitative estimate of drug-likeness (QED) is 0.271. The van der Waals surface area contributed by atoms with Crippen LogP contribution in [0.3, 0.4) is 0 Å². The first-order chi connectivity index (χ1) is 19.1. The Hall–Kier alpha value is -4.30. The number of aromatic nitrogens is 1. The molecule has 1 aliphatic carbocycles. The summed E-state index contributed by atoms with van der Waals surface area (Å²) in [6.45, 7) is 6.21. The Bertz CT molecular complexity index is 1620. The number of carbonyl (C=O) groups is 3. The molecule has 5 rings (SSSR count). The molecule has 7 nitrogen and oxygen atoms in total. The molecule has 0 saturated heterocycles. The first-order valence-electron chi connectivity index (χ1n) is 13.1. The van der Waals surface area contributed by atoms with Gasteiger partial charge in [-0.2, -0.15) is 0 Å². The number of nitrogens with zero attached hydrogens (tertiary/aromatic N) is 1.